The van der Waals surface area contributed by atoms with Crippen LogP contribution in [-0.4, -0.2) is 54.5 Å². The molecule has 2 N–H and O–H groups in total. The van der Waals surface area contributed by atoms with Crippen LogP contribution in [0.3, 0.4) is 0 Å². The molecule has 0 aromatic rings. The van der Waals surface area contributed by atoms with Crippen LogP contribution >= 0.6 is 0 Å². The highest BCUT2D eigenvalue weighted by molar-refractivity contribution is 5.78. The van der Waals surface area contributed by atoms with E-state index in [-0.39, 0.29) is 0 Å². The molecule has 0 atom stereocenters. The number of hydrogen-bond acceptors (Lipinski definition) is 3. The van der Waals surface area contributed by atoms with Crippen LogP contribution in [0.15, 0.2) is 0 Å². The molecule has 0 aliphatic heterocycles. The van der Waals surface area contributed by atoms with E-state index in [4.69, 9.17) is 5.73 Å². The van der Waals surface area contributed by atoms with E-state index >= 15 is 0 Å². The molecule has 0 unspecified atom stereocenters. The second-order valence-corrected chi connectivity index (χ2v) is 6.49. The van der Waals surface area contributed by atoms with Gasteiger partial charge in [-0.05, 0) is 38.6 Å². The zero-order chi connectivity index (χ0) is 14.4. The lowest BCUT2D eigenvalue weighted by molar-refractivity contribution is -0.132. The number of amides is 1. The first kappa shape index (κ1) is 15.8. The molecule has 0 saturated heterocycles. The van der Waals surface area contributed by atoms with Crippen molar-refractivity contribution in [3.05, 3.63) is 0 Å². The Balaban J connectivity index is 1.88. The molecule has 0 heterocycles. The Bertz CT molecular complexity index is 296. The minimum Gasteiger partial charge on any atom is -0.342 e. The number of hydrogen-bond donors (Lipinski definition) is 1. The minimum atomic E-state index is 0.300. The Morgan fingerprint density at radius 3 is 2.25 bits per heavy atom. The lowest BCUT2D eigenvalue weighted by Crippen LogP contribution is -2.44. The van der Waals surface area contributed by atoms with Crippen LogP contribution in [0.1, 0.15) is 57.8 Å². The van der Waals surface area contributed by atoms with Gasteiger partial charge in [-0.2, -0.15) is 0 Å². The molecular formula is C16H31N3O. The molecule has 4 nitrogen and oxygen atoms in total. The number of nitrogens with two attached hydrogens (primary N) is 1. The highest BCUT2D eigenvalue weighted by Gasteiger charge is 2.31. The van der Waals surface area contributed by atoms with Crippen molar-refractivity contribution in [1.29, 1.82) is 0 Å². The van der Waals surface area contributed by atoms with Crippen LogP contribution in [0, 0.1) is 0 Å². The maximum Gasteiger partial charge on any atom is 0.236 e. The summed E-state index contributed by atoms with van der Waals surface area (Å²) in [4.78, 5) is 16.8. The van der Waals surface area contributed by atoms with Gasteiger partial charge in [0.2, 0.25) is 5.91 Å². The Morgan fingerprint density at radius 1 is 1.05 bits per heavy atom. The molecule has 2 aliphatic rings. The lowest BCUT2D eigenvalue weighted by atomic mass is 10.1. The van der Waals surface area contributed by atoms with E-state index in [1.807, 2.05) is 11.9 Å². The van der Waals surface area contributed by atoms with Gasteiger partial charge in [0.05, 0.1) is 6.54 Å². The molecule has 116 valence electrons. The van der Waals surface area contributed by atoms with Crippen LogP contribution in [0.5, 0.6) is 0 Å². The van der Waals surface area contributed by atoms with Crippen molar-refractivity contribution in [3.63, 3.8) is 0 Å². The summed E-state index contributed by atoms with van der Waals surface area (Å²) in [5.74, 6) is 0.300. The fourth-order valence-electron chi connectivity index (χ4n) is 3.26. The average molecular weight is 281 g/mol. The first-order valence-electron chi connectivity index (χ1n) is 8.42. The molecule has 2 saturated carbocycles. The van der Waals surface area contributed by atoms with Gasteiger partial charge in [0.1, 0.15) is 0 Å². The SMILES string of the molecule is CN(C(=O)CN(CCCN)C1CCCCCC1)C1CC1. The van der Waals surface area contributed by atoms with Gasteiger partial charge in [-0.3, -0.25) is 9.69 Å². The van der Waals surface area contributed by atoms with Crippen molar-refractivity contribution in [2.45, 2.75) is 69.9 Å². The predicted molar refractivity (Wildman–Crippen MR) is 82.5 cm³/mol. The quantitative estimate of drug-likeness (QED) is 0.726. The number of carbonyl (C=O) groups is 1. The molecule has 20 heavy (non-hydrogen) atoms. The monoisotopic (exact) mass is 281 g/mol. The van der Waals surface area contributed by atoms with E-state index in [1.165, 1.54) is 51.4 Å². The van der Waals surface area contributed by atoms with E-state index in [1.54, 1.807) is 0 Å². The van der Waals surface area contributed by atoms with Crippen LogP contribution in [0.4, 0.5) is 0 Å². The molecule has 0 bridgehead atoms. The predicted octanol–water partition coefficient (Wildman–Crippen LogP) is 1.98. The van der Waals surface area contributed by atoms with E-state index < -0.39 is 0 Å². The summed E-state index contributed by atoms with van der Waals surface area (Å²) >= 11 is 0. The van der Waals surface area contributed by atoms with Crippen molar-refractivity contribution in [3.8, 4) is 0 Å². The van der Waals surface area contributed by atoms with Gasteiger partial charge in [0, 0.05) is 25.7 Å². The molecule has 4 heteroatoms. The van der Waals surface area contributed by atoms with Crippen molar-refractivity contribution < 1.29 is 4.79 Å². The summed E-state index contributed by atoms with van der Waals surface area (Å²) in [5.41, 5.74) is 5.66. The first-order chi connectivity index (χ1) is 9.72. The van der Waals surface area contributed by atoms with E-state index in [2.05, 4.69) is 4.90 Å². The number of likely N-dealkylation sites (N-methyl/N-ethyl adjacent to an activating group) is 1. The molecule has 1 amide bonds. The molecule has 0 radical (unpaired) electrons. The molecule has 2 aliphatic carbocycles. The van der Waals surface area contributed by atoms with Crippen LogP contribution < -0.4 is 5.73 Å². The highest BCUT2D eigenvalue weighted by atomic mass is 16.2. The van der Waals surface area contributed by atoms with Gasteiger partial charge in [0.25, 0.3) is 0 Å². The Morgan fingerprint density at radius 2 is 1.70 bits per heavy atom. The minimum absolute atomic E-state index is 0.300. The Hall–Kier alpha value is -0.610. The fourth-order valence-corrected chi connectivity index (χ4v) is 3.26. The Kier molecular flexibility index (Phi) is 6.30. The number of carbonyl (C=O) groups excluding carboxylic acids is 1. The second-order valence-electron chi connectivity index (χ2n) is 6.49. The zero-order valence-electron chi connectivity index (χ0n) is 13.0. The summed E-state index contributed by atoms with van der Waals surface area (Å²) in [6, 6.07) is 1.12. The summed E-state index contributed by atoms with van der Waals surface area (Å²) in [5, 5.41) is 0. The Labute approximate surface area is 123 Å². The van der Waals surface area contributed by atoms with Crippen LogP contribution in [-0.2, 0) is 4.79 Å². The van der Waals surface area contributed by atoms with Crippen molar-refractivity contribution >= 4 is 5.91 Å². The second kappa shape index (κ2) is 7.99. The number of rotatable bonds is 7. The van der Waals surface area contributed by atoms with Crippen molar-refractivity contribution in [1.82, 2.24) is 9.80 Å². The van der Waals surface area contributed by atoms with Crippen LogP contribution in [0.25, 0.3) is 0 Å². The summed E-state index contributed by atoms with van der Waals surface area (Å²) in [6.07, 6.45) is 11.2. The fraction of sp³-hybridized carbons (Fsp3) is 0.938. The average Bonchev–Trinajstić information content (AvgIpc) is 3.28. The molecule has 0 spiro atoms. The smallest absolute Gasteiger partial charge is 0.236 e. The van der Waals surface area contributed by atoms with Crippen molar-refractivity contribution in [2.75, 3.05) is 26.7 Å². The van der Waals surface area contributed by atoms with Gasteiger partial charge in [-0.1, -0.05) is 25.7 Å². The van der Waals surface area contributed by atoms with Gasteiger partial charge in [-0.25, -0.2) is 0 Å². The molecule has 0 aromatic carbocycles. The third kappa shape index (κ3) is 4.74. The van der Waals surface area contributed by atoms with Gasteiger partial charge >= 0.3 is 0 Å². The lowest BCUT2D eigenvalue weighted by Gasteiger charge is -2.32. The third-order valence-corrected chi connectivity index (χ3v) is 4.82. The largest absolute Gasteiger partial charge is 0.342 e. The zero-order valence-corrected chi connectivity index (χ0v) is 13.0. The molecule has 2 rings (SSSR count). The standard InChI is InChI=1S/C16H31N3O/c1-18(14-9-10-14)16(20)13-19(12-6-11-17)15-7-4-2-3-5-8-15/h14-15H,2-13,17H2,1H3. The summed E-state index contributed by atoms with van der Waals surface area (Å²) in [7, 11) is 1.97. The molecule has 2 fully saturated rings. The van der Waals surface area contributed by atoms with Gasteiger partial charge in [0.15, 0.2) is 0 Å². The third-order valence-electron chi connectivity index (χ3n) is 4.82. The molecular weight excluding hydrogens is 250 g/mol. The van der Waals surface area contributed by atoms with Gasteiger partial charge in [-0.15, -0.1) is 0 Å². The van der Waals surface area contributed by atoms with E-state index in [9.17, 15) is 4.79 Å². The topological polar surface area (TPSA) is 49.6 Å². The maximum absolute atomic E-state index is 12.4. The number of nitrogens with zero attached hydrogens (tertiary/aromatic N) is 2. The highest BCUT2D eigenvalue weighted by Crippen LogP contribution is 2.26. The first-order valence-corrected chi connectivity index (χ1v) is 8.42. The normalized spacial score (nSPS) is 20.9. The summed E-state index contributed by atoms with van der Waals surface area (Å²) in [6.45, 7) is 2.29. The van der Waals surface area contributed by atoms with E-state index in [0.29, 0.717) is 24.5 Å². The van der Waals surface area contributed by atoms with E-state index in [0.717, 1.165) is 19.5 Å². The summed E-state index contributed by atoms with van der Waals surface area (Å²) < 4.78 is 0. The van der Waals surface area contributed by atoms with Crippen molar-refractivity contribution in [2.24, 2.45) is 5.73 Å². The maximum atomic E-state index is 12.4. The molecule has 0 aromatic heterocycles. The van der Waals surface area contributed by atoms with Gasteiger partial charge < -0.3 is 10.6 Å². The van der Waals surface area contributed by atoms with Crippen LogP contribution in [0.2, 0.25) is 0 Å².